The van der Waals surface area contributed by atoms with E-state index in [9.17, 15) is 4.79 Å². The standard InChI is InChI=1S/C23H21N3OS2/c1-12-8-9-14(11-13(12)2)25-22(27)21-20(24)19-18(17-7-4-10-28-17)15-5-3-6-16(15)26-23(19)29-21/h4,7-11H,3,5-6,24H2,1-2H3,(H,25,27). The fourth-order valence-electron chi connectivity index (χ4n) is 4.01. The third-order valence-corrected chi connectivity index (χ3v) is 7.63. The van der Waals surface area contributed by atoms with Gasteiger partial charge in [0.05, 0.1) is 5.69 Å². The molecule has 1 aliphatic carbocycles. The van der Waals surface area contributed by atoms with Gasteiger partial charge < -0.3 is 11.1 Å². The van der Waals surface area contributed by atoms with Crippen LogP contribution in [0.4, 0.5) is 11.4 Å². The predicted molar refractivity (Wildman–Crippen MR) is 123 cm³/mol. The second kappa shape index (κ2) is 6.97. The fourth-order valence-corrected chi connectivity index (χ4v) is 5.84. The molecule has 0 fully saturated rings. The van der Waals surface area contributed by atoms with Crippen molar-refractivity contribution in [3.8, 4) is 10.4 Å². The number of benzene rings is 1. The van der Waals surface area contributed by atoms with Crippen LogP contribution < -0.4 is 11.1 Å². The zero-order valence-electron chi connectivity index (χ0n) is 16.3. The van der Waals surface area contributed by atoms with Crippen molar-refractivity contribution in [3.05, 3.63) is 63.0 Å². The first-order valence-corrected chi connectivity index (χ1v) is 11.4. The molecule has 0 saturated carbocycles. The Balaban J connectivity index is 1.63. The summed E-state index contributed by atoms with van der Waals surface area (Å²) in [7, 11) is 0. The number of rotatable bonds is 3. The first-order chi connectivity index (χ1) is 14.0. The van der Waals surface area contributed by atoms with Gasteiger partial charge >= 0.3 is 0 Å². The van der Waals surface area contributed by atoms with E-state index in [2.05, 4.69) is 29.8 Å². The maximum absolute atomic E-state index is 13.0. The zero-order valence-corrected chi connectivity index (χ0v) is 18.0. The molecule has 5 rings (SSSR count). The second-order valence-corrected chi connectivity index (χ2v) is 9.47. The second-order valence-electron chi connectivity index (χ2n) is 7.52. The van der Waals surface area contributed by atoms with Crippen LogP contribution >= 0.6 is 22.7 Å². The lowest BCUT2D eigenvalue weighted by molar-refractivity contribution is 0.103. The molecule has 0 aliphatic heterocycles. The van der Waals surface area contributed by atoms with Crippen LogP contribution in [0.15, 0.2) is 35.7 Å². The Morgan fingerprint density at radius 2 is 2.03 bits per heavy atom. The van der Waals surface area contributed by atoms with Gasteiger partial charge in [0.1, 0.15) is 9.71 Å². The SMILES string of the molecule is Cc1ccc(NC(=O)c2sc3nc4c(c(-c5cccs5)c3c2N)CCC4)cc1C. The van der Waals surface area contributed by atoms with E-state index < -0.39 is 0 Å². The molecule has 0 unspecified atom stereocenters. The van der Waals surface area contributed by atoms with Gasteiger partial charge in [0.15, 0.2) is 0 Å². The summed E-state index contributed by atoms with van der Waals surface area (Å²) in [5.74, 6) is -0.175. The van der Waals surface area contributed by atoms with E-state index in [1.807, 2.05) is 25.1 Å². The van der Waals surface area contributed by atoms with E-state index >= 15 is 0 Å². The summed E-state index contributed by atoms with van der Waals surface area (Å²) in [6.07, 6.45) is 3.13. The van der Waals surface area contributed by atoms with Gasteiger partial charge in [-0.05, 0) is 73.4 Å². The molecule has 4 nitrogen and oxygen atoms in total. The first kappa shape index (κ1) is 18.3. The Morgan fingerprint density at radius 3 is 2.79 bits per heavy atom. The topological polar surface area (TPSA) is 68.0 Å². The number of carbonyl (C=O) groups is 1. The molecule has 29 heavy (non-hydrogen) atoms. The third-order valence-electron chi connectivity index (χ3n) is 5.64. The molecule has 0 saturated heterocycles. The number of carbonyl (C=O) groups excluding carboxylic acids is 1. The molecule has 0 radical (unpaired) electrons. The lowest BCUT2D eigenvalue weighted by Crippen LogP contribution is -2.12. The van der Waals surface area contributed by atoms with E-state index in [0.29, 0.717) is 10.6 Å². The van der Waals surface area contributed by atoms with Crippen LogP contribution in [-0.2, 0) is 12.8 Å². The monoisotopic (exact) mass is 419 g/mol. The van der Waals surface area contributed by atoms with Gasteiger partial charge in [-0.25, -0.2) is 4.98 Å². The number of aromatic nitrogens is 1. The number of hydrogen-bond donors (Lipinski definition) is 2. The quantitative estimate of drug-likeness (QED) is 0.430. The summed E-state index contributed by atoms with van der Waals surface area (Å²) in [6, 6.07) is 10.1. The number of nitrogen functional groups attached to an aromatic ring is 1. The molecule has 3 aromatic heterocycles. The Morgan fingerprint density at radius 1 is 1.17 bits per heavy atom. The van der Waals surface area contributed by atoms with E-state index in [0.717, 1.165) is 46.4 Å². The molecule has 1 amide bonds. The highest BCUT2D eigenvalue weighted by Crippen LogP contribution is 2.45. The third kappa shape index (κ3) is 3.03. The lowest BCUT2D eigenvalue weighted by Gasteiger charge is -2.09. The van der Waals surface area contributed by atoms with Crippen molar-refractivity contribution in [1.82, 2.24) is 4.98 Å². The minimum absolute atomic E-state index is 0.175. The number of thiophene rings is 2. The highest BCUT2D eigenvalue weighted by atomic mass is 32.1. The molecule has 1 aromatic carbocycles. The number of pyridine rings is 1. The van der Waals surface area contributed by atoms with Crippen molar-refractivity contribution >= 4 is 50.2 Å². The van der Waals surface area contributed by atoms with E-state index in [1.54, 1.807) is 11.3 Å². The molecular weight excluding hydrogens is 398 g/mol. The number of hydrogen-bond acceptors (Lipinski definition) is 5. The van der Waals surface area contributed by atoms with E-state index in [1.165, 1.54) is 32.9 Å². The summed E-state index contributed by atoms with van der Waals surface area (Å²) in [4.78, 5) is 20.5. The Hall–Kier alpha value is -2.70. The normalized spacial score (nSPS) is 13.0. The first-order valence-electron chi connectivity index (χ1n) is 9.69. The molecule has 1 aliphatic rings. The Bertz CT molecular complexity index is 1260. The molecule has 4 aromatic rings. The zero-order chi connectivity index (χ0) is 20.1. The molecule has 3 heterocycles. The number of anilines is 2. The molecular formula is C23H21N3OS2. The summed E-state index contributed by atoms with van der Waals surface area (Å²) in [5.41, 5.74) is 13.9. The summed E-state index contributed by atoms with van der Waals surface area (Å²) in [5, 5.41) is 6.02. The minimum atomic E-state index is -0.175. The van der Waals surface area contributed by atoms with Gasteiger partial charge in [-0.2, -0.15) is 0 Å². The van der Waals surface area contributed by atoms with Crippen LogP contribution in [-0.4, -0.2) is 10.9 Å². The number of aryl methyl sites for hydroxylation is 3. The van der Waals surface area contributed by atoms with Crippen LogP contribution in [0.2, 0.25) is 0 Å². The van der Waals surface area contributed by atoms with Crippen molar-refractivity contribution in [1.29, 1.82) is 0 Å². The number of amides is 1. The average Bonchev–Trinajstić information content (AvgIpc) is 3.44. The Kier molecular flexibility index (Phi) is 4.41. The van der Waals surface area contributed by atoms with Gasteiger partial charge in [-0.15, -0.1) is 22.7 Å². The number of fused-ring (bicyclic) bond motifs is 2. The molecule has 0 atom stereocenters. The van der Waals surface area contributed by atoms with Gasteiger partial charge in [0.2, 0.25) is 0 Å². The number of nitrogens with two attached hydrogens (primary N) is 1. The molecule has 3 N–H and O–H groups in total. The summed E-state index contributed by atoms with van der Waals surface area (Å²) >= 11 is 3.10. The van der Waals surface area contributed by atoms with Crippen molar-refractivity contribution in [2.24, 2.45) is 0 Å². The van der Waals surface area contributed by atoms with Crippen LogP contribution in [0.5, 0.6) is 0 Å². The predicted octanol–water partition coefficient (Wildman–Crippen LogP) is 5.96. The van der Waals surface area contributed by atoms with Crippen molar-refractivity contribution < 1.29 is 4.79 Å². The largest absolute Gasteiger partial charge is 0.397 e. The molecule has 0 spiro atoms. The molecule has 146 valence electrons. The fraction of sp³-hybridized carbons (Fsp3) is 0.217. The maximum atomic E-state index is 13.0. The number of nitrogens with zero attached hydrogens (tertiary/aromatic N) is 1. The van der Waals surface area contributed by atoms with Crippen molar-refractivity contribution in [2.45, 2.75) is 33.1 Å². The van der Waals surface area contributed by atoms with E-state index in [-0.39, 0.29) is 5.91 Å². The van der Waals surface area contributed by atoms with Crippen LogP contribution in [0.1, 0.15) is 38.5 Å². The summed E-state index contributed by atoms with van der Waals surface area (Å²) in [6.45, 7) is 4.10. The van der Waals surface area contributed by atoms with Crippen LogP contribution in [0.25, 0.3) is 20.7 Å². The minimum Gasteiger partial charge on any atom is -0.397 e. The van der Waals surface area contributed by atoms with Gasteiger partial charge in [-0.3, -0.25) is 4.79 Å². The number of nitrogens with one attached hydrogen (secondary N) is 1. The van der Waals surface area contributed by atoms with Gasteiger partial charge in [-0.1, -0.05) is 12.1 Å². The van der Waals surface area contributed by atoms with Gasteiger partial charge in [0.25, 0.3) is 5.91 Å². The molecule has 6 heteroatoms. The lowest BCUT2D eigenvalue weighted by atomic mass is 10.0. The van der Waals surface area contributed by atoms with Crippen LogP contribution in [0.3, 0.4) is 0 Å². The summed E-state index contributed by atoms with van der Waals surface area (Å²) < 4.78 is 0. The smallest absolute Gasteiger partial charge is 0.267 e. The highest BCUT2D eigenvalue weighted by molar-refractivity contribution is 7.21. The van der Waals surface area contributed by atoms with E-state index in [4.69, 9.17) is 10.7 Å². The van der Waals surface area contributed by atoms with Crippen LogP contribution in [0, 0.1) is 13.8 Å². The van der Waals surface area contributed by atoms with Crippen molar-refractivity contribution in [3.63, 3.8) is 0 Å². The maximum Gasteiger partial charge on any atom is 0.267 e. The Labute approximate surface area is 177 Å². The average molecular weight is 420 g/mol. The highest BCUT2D eigenvalue weighted by Gasteiger charge is 2.26. The molecule has 0 bridgehead atoms. The van der Waals surface area contributed by atoms with Crippen molar-refractivity contribution in [2.75, 3.05) is 11.1 Å². The van der Waals surface area contributed by atoms with Gasteiger partial charge in [0, 0.05) is 27.2 Å².